The fraction of sp³-hybridized carbons (Fsp3) is 0.125. The second-order valence-corrected chi connectivity index (χ2v) is 1.65. The molecule has 0 aliphatic heterocycles. The van der Waals surface area contributed by atoms with Gasteiger partial charge in [-0.3, -0.25) is 4.39 Å². The van der Waals surface area contributed by atoms with Crippen LogP contribution in [0.3, 0.4) is 0 Å². The molecule has 0 aliphatic carbocycles. The molecule has 0 N–H and O–H groups in total. The average molecular weight is 155 g/mol. The molecule has 3 heteroatoms. The number of hydrogen-bond acceptors (Lipinski definition) is 2. The maximum atomic E-state index is 10.1. The Kier molecular flexibility index (Phi) is 4.73. The van der Waals surface area contributed by atoms with E-state index in [1.807, 2.05) is 0 Å². The molecule has 0 fully saturated rings. The molecule has 2 nitrogen and oxygen atoms in total. The van der Waals surface area contributed by atoms with Crippen LogP contribution >= 0.6 is 0 Å². The Bertz CT molecular complexity index is 209. The van der Waals surface area contributed by atoms with Crippen LogP contribution in [0.1, 0.15) is 10.4 Å². The number of carbonyl (C=O) groups excluding carboxylic acids is 1. The molecule has 0 amide bonds. The fourth-order valence-corrected chi connectivity index (χ4v) is 0.574. The van der Waals surface area contributed by atoms with E-state index < -0.39 is 5.97 Å². The van der Waals surface area contributed by atoms with E-state index in [1.165, 1.54) is 12.1 Å². The zero-order valence-electron chi connectivity index (χ0n) is 6.08. The molecule has 0 unspecified atom stereocenters. The Morgan fingerprint density at radius 3 is 2.00 bits per heavy atom. The topological polar surface area (TPSA) is 40.1 Å². The third kappa shape index (κ3) is 3.35. The van der Waals surface area contributed by atoms with E-state index in [1.54, 1.807) is 18.2 Å². The molecule has 0 radical (unpaired) electrons. The van der Waals surface area contributed by atoms with E-state index in [0.29, 0.717) is 7.18 Å². The van der Waals surface area contributed by atoms with Crippen molar-refractivity contribution in [3.63, 3.8) is 0 Å². The third-order valence-electron chi connectivity index (χ3n) is 1.01. The first-order valence-electron chi connectivity index (χ1n) is 2.95. The second kappa shape index (κ2) is 5.41. The molecule has 11 heavy (non-hydrogen) atoms. The van der Waals surface area contributed by atoms with Crippen molar-refractivity contribution in [3.8, 4) is 0 Å². The van der Waals surface area contributed by atoms with Crippen LogP contribution in [0.5, 0.6) is 0 Å². The Morgan fingerprint density at radius 1 is 1.27 bits per heavy atom. The van der Waals surface area contributed by atoms with Gasteiger partial charge < -0.3 is 9.90 Å². The maximum Gasteiger partial charge on any atom is 0.0785 e. The quantitative estimate of drug-likeness (QED) is 0.597. The van der Waals surface area contributed by atoms with Crippen molar-refractivity contribution in [2.24, 2.45) is 0 Å². The number of carboxylic acids is 1. The van der Waals surface area contributed by atoms with E-state index >= 15 is 0 Å². The van der Waals surface area contributed by atoms with Crippen molar-refractivity contribution in [1.29, 1.82) is 0 Å². The largest absolute Gasteiger partial charge is 0.545 e. The van der Waals surface area contributed by atoms with E-state index in [0.717, 1.165) is 0 Å². The van der Waals surface area contributed by atoms with Crippen molar-refractivity contribution in [1.82, 2.24) is 0 Å². The highest BCUT2D eigenvalue weighted by molar-refractivity contribution is 5.85. The molecule has 0 aromatic heterocycles. The fourth-order valence-electron chi connectivity index (χ4n) is 0.574. The summed E-state index contributed by atoms with van der Waals surface area (Å²) in [5.41, 5.74) is 0.220. The zero-order valence-corrected chi connectivity index (χ0v) is 6.08. The molecule has 1 aromatic carbocycles. The summed E-state index contributed by atoms with van der Waals surface area (Å²) < 4.78 is 9.50. The molecule has 1 rings (SSSR count). The summed E-state index contributed by atoms with van der Waals surface area (Å²) >= 11 is 0. The van der Waals surface area contributed by atoms with Gasteiger partial charge in [0.1, 0.15) is 0 Å². The molecule has 60 valence electrons. The first kappa shape index (κ1) is 9.62. The number of rotatable bonds is 1. The highest BCUT2D eigenvalue weighted by atomic mass is 19.1. The lowest BCUT2D eigenvalue weighted by Crippen LogP contribution is -2.21. The third-order valence-corrected chi connectivity index (χ3v) is 1.01. The number of carboxylic acid groups (broad SMARTS) is 1. The molecule has 0 saturated carbocycles. The lowest BCUT2D eigenvalue weighted by atomic mass is 10.2. The SMILES string of the molecule is CF.O=C([O-])c1ccccc1. The Labute approximate surface area is 64.3 Å². The minimum absolute atomic E-state index is 0.220. The standard InChI is InChI=1S/C7H6O2.CH3F/c8-7(9)6-4-2-1-3-5-6;1-2/h1-5H,(H,8,9);1H3/p-1. The summed E-state index contributed by atoms with van der Waals surface area (Å²) in [4.78, 5) is 10.1. The van der Waals surface area contributed by atoms with Gasteiger partial charge in [-0.05, 0) is 5.56 Å². The summed E-state index contributed by atoms with van der Waals surface area (Å²) in [6.07, 6.45) is 0. The van der Waals surface area contributed by atoms with Gasteiger partial charge in [0.25, 0.3) is 0 Å². The molecule has 0 aliphatic rings. The average Bonchev–Trinajstić information content (AvgIpc) is 2.10. The van der Waals surface area contributed by atoms with Crippen molar-refractivity contribution in [3.05, 3.63) is 35.9 Å². The smallest absolute Gasteiger partial charge is 0.0785 e. The van der Waals surface area contributed by atoms with Crippen LogP contribution in [0.25, 0.3) is 0 Å². The lowest BCUT2D eigenvalue weighted by Gasteiger charge is -1.97. The number of hydrogen-bond donors (Lipinski definition) is 0. The molecular formula is C8H8FO2-. The predicted octanol–water partition coefficient (Wildman–Crippen LogP) is 0.636. The van der Waals surface area contributed by atoms with E-state index in [9.17, 15) is 14.3 Å². The molecule has 0 heterocycles. The first-order valence-corrected chi connectivity index (χ1v) is 2.95. The van der Waals surface area contributed by atoms with Crippen LogP contribution < -0.4 is 5.11 Å². The van der Waals surface area contributed by atoms with Crippen LogP contribution in [0.4, 0.5) is 4.39 Å². The van der Waals surface area contributed by atoms with Gasteiger partial charge in [-0.1, -0.05) is 30.3 Å². The number of carbonyl (C=O) groups is 1. The Morgan fingerprint density at radius 2 is 1.73 bits per heavy atom. The van der Waals surface area contributed by atoms with E-state index in [-0.39, 0.29) is 5.56 Å². The summed E-state index contributed by atoms with van der Waals surface area (Å²) in [6.45, 7) is 0. The van der Waals surface area contributed by atoms with Crippen molar-refractivity contribution in [2.45, 2.75) is 0 Å². The molecular weight excluding hydrogens is 147 g/mol. The highest BCUT2D eigenvalue weighted by Gasteiger charge is 1.85. The van der Waals surface area contributed by atoms with Crippen molar-refractivity contribution in [2.75, 3.05) is 7.18 Å². The normalized spacial score (nSPS) is 7.82. The number of alkyl halides is 1. The molecule has 0 atom stereocenters. The van der Waals surface area contributed by atoms with Gasteiger partial charge in [0.2, 0.25) is 0 Å². The second-order valence-electron chi connectivity index (χ2n) is 1.65. The minimum atomic E-state index is -1.13. The summed E-state index contributed by atoms with van der Waals surface area (Å²) in [6, 6.07) is 8.06. The number of aromatic carboxylic acids is 1. The Hall–Kier alpha value is -1.38. The maximum absolute atomic E-state index is 10.1. The van der Waals surface area contributed by atoms with E-state index in [2.05, 4.69) is 0 Å². The van der Waals surface area contributed by atoms with Crippen LogP contribution in [0.2, 0.25) is 0 Å². The van der Waals surface area contributed by atoms with Gasteiger partial charge >= 0.3 is 0 Å². The van der Waals surface area contributed by atoms with Crippen LogP contribution in [0, 0.1) is 0 Å². The van der Waals surface area contributed by atoms with Crippen LogP contribution in [-0.4, -0.2) is 13.1 Å². The van der Waals surface area contributed by atoms with Gasteiger partial charge in [-0.25, -0.2) is 0 Å². The van der Waals surface area contributed by atoms with Crippen LogP contribution in [0.15, 0.2) is 30.3 Å². The van der Waals surface area contributed by atoms with Gasteiger partial charge in [-0.2, -0.15) is 0 Å². The lowest BCUT2D eigenvalue weighted by molar-refractivity contribution is -0.255. The van der Waals surface area contributed by atoms with Crippen molar-refractivity contribution >= 4 is 5.97 Å². The summed E-state index contributed by atoms with van der Waals surface area (Å²) in [7, 11) is 0.500. The minimum Gasteiger partial charge on any atom is -0.545 e. The monoisotopic (exact) mass is 155 g/mol. The summed E-state index contributed by atoms with van der Waals surface area (Å²) in [5, 5.41) is 10.1. The Balaban J connectivity index is 0.000000461. The zero-order chi connectivity index (χ0) is 8.69. The van der Waals surface area contributed by atoms with Gasteiger partial charge in [0.15, 0.2) is 0 Å². The molecule has 0 spiro atoms. The van der Waals surface area contributed by atoms with E-state index in [4.69, 9.17) is 0 Å². The summed E-state index contributed by atoms with van der Waals surface area (Å²) in [5.74, 6) is -1.13. The molecule has 0 saturated heterocycles. The number of benzene rings is 1. The molecule has 1 aromatic rings. The van der Waals surface area contributed by atoms with Gasteiger partial charge in [0, 0.05) is 0 Å². The predicted molar refractivity (Wildman–Crippen MR) is 37.8 cm³/mol. The van der Waals surface area contributed by atoms with Gasteiger partial charge in [-0.15, -0.1) is 0 Å². The number of halogens is 1. The first-order chi connectivity index (χ1) is 5.30. The molecule has 0 bridgehead atoms. The van der Waals surface area contributed by atoms with Crippen LogP contribution in [-0.2, 0) is 0 Å². The van der Waals surface area contributed by atoms with Crippen molar-refractivity contribution < 1.29 is 14.3 Å². The van der Waals surface area contributed by atoms with Gasteiger partial charge in [0.05, 0.1) is 13.1 Å². The highest BCUT2D eigenvalue weighted by Crippen LogP contribution is 1.94.